The zero-order valence-electron chi connectivity index (χ0n) is 8.33. The molecule has 0 fully saturated rings. The highest BCUT2D eigenvalue weighted by Gasteiger charge is 2.19. The molecule has 3 nitrogen and oxygen atoms in total. The summed E-state index contributed by atoms with van der Waals surface area (Å²) in [6.45, 7) is 4.30. The highest BCUT2D eigenvalue weighted by Crippen LogP contribution is 2.20. The summed E-state index contributed by atoms with van der Waals surface area (Å²) in [6.07, 6.45) is 5.33. The molecule has 0 saturated heterocycles. The van der Waals surface area contributed by atoms with Gasteiger partial charge in [-0.1, -0.05) is 0 Å². The lowest BCUT2D eigenvalue weighted by Crippen LogP contribution is -2.27. The minimum Gasteiger partial charge on any atom is -0.327 e. The summed E-state index contributed by atoms with van der Waals surface area (Å²) in [4.78, 5) is 0. The Hall–Kier alpha value is -0.830. The van der Waals surface area contributed by atoms with Crippen LogP contribution in [0.5, 0.6) is 0 Å². The second-order valence-corrected chi connectivity index (χ2v) is 4.18. The van der Waals surface area contributed by atoms with Gasteiger partial charge in [-0.25, -0.2) is 0 Å². The predicted molar refractivity (Wildman–Crippen MR) is 52.6 cm³/mol. The van der Waals surface area contributed by atoms with Gasteiger partial charge >= 0.3 is 0 Å². The fourth-order valence-corrected chi connectivity index (χ4v) is 1.80. The Kier molecular flexibility index (Phi) is 2.12. The summed E-state index contributed by atoms with van der Waals surface area (Å²) in [5, 5.41) is 4.54. The molecular weight excluding hydrogens is 162 g/mol. The number of rotatable bonds is 1. The first-order valence-electron chi connectivity index (χ1n) is 4.99. The van der Waals surface area contributed by atoms with E-state index in [0.29, 0.717) is 12.1 Å². The number of hydrogen-bond acceptors (Lipinski definition) is 2. The molecule has 2 rings (SSSR count). The molecule has 1 aliphatic rings. The van der Waals surface area contributed by atoms with Crippen molar-refractivity contribution in [2.45, 2.75) is 45.2 Å². The molecule has 0 saturated carbocycles. The number of hydrogen-bond donors (Lipinski definition) is 1. The van der Waals surface area contributed by atoms with Gasteiger partial charge in [-0.15, -0.1) is 0 Å². The summed E-state index contributed by atoms with van der Waals surface area (Å²) in [6, 6.07) is 0.782. The molecule has 0 amide bonds. The molecular formula is C10H17N3. The fourth-order valence-electron chi connectivity index (χ4n) is 1.80. The molecule has 0 radical (unpaired) electrons. The van der Waals surface area contributed by atoms with Gasteiger partial charge < -0.3 is 5.73 Å². The van der Waals surface area contributed by atoms with Crippen LogP contribution < -0.4 is 5.73 Å². The first-order chi connectivity index (χ1) is 6.16. The maximum atomic E-state index is 5.89. The van der Waals surface area contributed by atoms with Crippen molar-refractivity contribution in [1.82, 2.24) is 9.78 Å². The molecule has 1 aliphatic carbocycles. The van der Waals surface area contributed by atoms with E-state index in [-0.39, 0.29) is 0 Å². The van der Waals surface area contributed by atoms with Crippen molar-refractivity contribution in [2.24, 2.45) is 5.73 Å². The summed E-state index contributed by atoms with van der Waals surface area (Å²) in [5.41, 5.74) is 8.50. The molecule has 1 atom stereocenters. The molecule has 72 valence electrons. The number of nitrogens with zero attached hydrogens (tertiary/aromatic N) is 2. The van der Waals surface area contributed by atoms with E-state index in [2.05, 4.69) is 25.1 Å². The van der Waals surface area contributed by atoms with Crippen molar-refractivity contribution in [3.63, 3.8) is 0 Å². The van der Waals surface area contributed by atoms with Crippen LogP contribution in [-0.4, -0.2) is 15.8 Å². The Bertz CT molecular complexity index is 301. The van der Waals surface area contributed by atoms with Gasteiger partial charge in [0.2, 0.25) is 0 Å². The van der Waals surface area contributed by atoms with Crippen LogP contribution in [0, 0.1) is 0 Å². The highest BCUT2D eigenvalue weighted by molar-refractivity contribution is 5.21. The van der Waals surface area contributed by atoms with Crippen LogP contribution in [0.4, 0.5) is 0 Å². The van der Waals surface area contributed by atoms with E-state index in [1.807, 2.05) is 4.68 Å². The third kappa shape index (κ3) is 1.61. The van der Waals surface area contributed by atoms with Crippen LogP contribution >= 0.6 is 0 Å². The molecule has 0 aromatic carbocycles. The molecule has 1 aromatic heterocycles. The molecule has 2 N–H and O–H groups in total. The first kappa shape index (κ1) is 8.75. The second-order valence-electron chi connectivity index (χ2n) is 4.18. The number of nitrogens with two attached hydrogens (primary N) is 1. The van der Waals surface area contributed by atoms with Gasteiger partial charge in [0.05, 0.1) is 5.69 Å². The van der Waals surface area contributed by atoms with Crippen LogP contribution in [0.15, 0.2) is 6.20 Å². The van der Waals surface area contributed by atoms with E-state index in [1.54, 1.807) is 0 Å². The molecule has 0 unspecified atom stereocenters. The molecule has 1 heterocycles. The van der Waals surface area contributed by atoms with Crippen molar-refractivity contribution < 1.29 is 0 Å². The summed E-state index contributed by atoms with van der Waals surface area (Å²) >= 11 is 0. The zero-order valence-corrected chi connectivity index (χ0v) is 8.33. The standard InChI is InChI=1S/C10H17N3/c1-7(2)13-6-8-3-4-9(11)5-10(8)12-13/h6-7,9H,3-5,11H2,1-2H3/t9-/m0/s1. The van der Waals surface area contributed by atoms with E-state index in [1.165, 1.54) is 11.3 Å². The number of aryl methyl sites for hydroxylation is 1. The van der Waals surface area contributed by atoms with Crippen LogP contribution in [0.25, 0.3) is 0 Å². The Balaban J connectivity index is 2.28. The average Bonchev–Trinajstić information content (AvgIpc) is 2.46. The third-order valence-electron chi connectivity index (χ3n) is 2.66. The van der Waals surface area contributed by atoms with Crippen molar-refractivity contribution in [3.8, 4) is 0 Å². The molecule has 0 aliphatic heterocycles. The largest absolute Gasteiger partial charge is 0.327 e. The van der Waals surface area contributed by atoms with Crippen molar-refractivity contribution in [2.75, 3.05) is 0 Å². The van der Waals surface area contributed by atoms with Crippen LogP contribution in [-0.2, 0) is 12.8 Å². The molecule has 13 heavy (non-hydrogen) atoms. The number of aromatic nitrogens is 2. The average molecular weight is 179 g/mol. The Labute approximate surface area is 78.9 Å². The van der Waals surface area contributed by atoms with Crippen LogP contribution in [0.3, 0.4) is 0 Å². The van der Waals surface area contributed by atoms with E-state index < -0.39 is 0 Å². The third-order valence-corrected chi connectivity index (χ3v) is 2.66. The first-order valence-corrected chi connectivity index (χ1v) is 4.99. The summed E-state index contributed by atoms with van der Waals surface area (Å²) < 4.78 is 2.04. The van der Waals surface area contributed by atoms with E-state index in [0.717, 1.165) is 19.3 Å². The predicted octanol–water partition coefficient (Wildman–Crippen LogP) is 1.28. The van der Waals surface area contributed by atoms with Crippen LogP contribution in [0.1, 0.15) is 37.6 Å². The van der Waals surface area contributed by atoms with Gasteiger partial charge in [0, 0.05) is 24.7 Å². The molecule has 3 heteroatoms. The smallest absolute Gasteiger partial charge is 0.0672 e. The topological polar surface area (TPSA) is 43.8 Å². The minimum absolute atomic E-state index is 0.322. The van der Waals surface area contributed by atoms with Gasteiger partial charge in [0.1, 0.15) is 0 Å². The van der Waals surface area contributed by atoms with E-state index in [9.17, 15) is 0 Å². The lowest BCUT2D eigenvalue weighted by atomic mass is 9.95. The van der Waals surface area contributed by atoms with Crippen LogP contribution in [0.2, 0.25) is 0 Å². The minimum atomic E-state index is 0.322. The van der Waals surface area contributed by atoms with E-state index in [4.69, 9.17) is 5.73 Å². The maximum Gasteiger partial charge on any atom is 0.0672 e. The van der Waals surface area contributed by atoms with Crippen molar-refractivity contribution in [1.29, 1.82) is 0 Å². The van der Waals surface area contributed by atoms with Crippen molar-refractivity contribution >= 4 is 0 Å². The Morgan fingerprint density at radius 3 is 3.08 bits per heavy atom. The Morgan fingerprint density at radius 1 is 1.62 bits per heavy atom. The normalized spacial score (nSPS) is 22.0. The van der Waals surface area contributed by atoms with Crippen molar-refractivity contribution in [3.05, 3.63) is 17.5 Å². The van der Waals surface area contributed by atoms with Gasteiger partial charge in [0.25, 0.3) is 0 Å². The molecule has 1 aromatic rings. The van der Waals surface area contributed by atoms with Gasteiger partial charge in [-0.2, -0.15) is 5.10 Å². The number of fused-ring (bicyclic) bond motifs is 1. The SMILES string of the molecule is CC(C)n1cc2c(n1)C[C@@H](N)CC2. The van der Waals surface area contributed by atoms with Gasteiger partial charge in [-0.05, 0) is 32.3 Å². The van der Waals surface area contributed by atoms with E-state index >= 15 is 0 Å². The monoisotopic (exact) mass is 179 g/mol. The molecule has 0 bridgehead atoms. The quantitative estimate of drug-likeness (QED) is 0.705. The molecule has 0 spiro atoms. The highest BCUT2D eigenvalue weighted by atomic mass is 15.3. The van der Waals surface area contributed by atoms with Gasteiger partial charge in [-0.3, -0.25) is 4.68 Å². The van der Waals surface area contributed by atoms with Gasteiger partial charge in [0.15, 0.2) is 0 Å². The summed E-state index contributed by atoms with van der Waals surface area (Å²) in [7, 11) is 0. The lowest BCUT2D eigenvalue weighted by molar-refractivity contribution is 0.518. The lowest BCUT2D eigenvalue weighted by Gasteiger charge is -2.15. The fraction of sp³-hybridized carbons (Fsp3) is 0.700. The zero-order chi connectivity index (χ0) is 9.42. The summed E-state index contributed by atoms with van der Waals surface area (Å²) in [5.74, 6) is 0. The second kappa shape index (κ2) is 3.14. The Morgan fingerprint density at radius 2 is 2.38 bits per heavy atom. The maximum absolute atomic E-state index is 5.89.